The predicted molar refractivity (Wildman–Crippen MR) is 130 cm³/mol. The van der Waals surface area contributed by atoms with Crippen molar-refractivity contribution in [1.82, 2.24) is 24.4 Å². The van der Waals surface area contributed by atoms with Gasteiger partial charge in [-0.2, -0.15) is 4.98 Å². The van der Waals surface area contributed by atoms with E-state index in [1.54, 1.807) is 18.2 Å². The molecule has 0 bridgehead atoms. The molecule has 5 rings (SSSR count). The van der Waals surface area contributed by atoms with Gasteiger partial charge in [0.15, 0.2) is 5.65 Å². The molecule has 0 saturated heterocycles. The van der Waals surface area contributed by atoms with Gasteiger partial charge in [-0.05, 0) is 55.8 Å². The number of hydrogen-bond acceptors (Lipinski definition) is 6. The first kappa shape index (κ1) is 21.6. The third kappa shape index (κ3) is 3.80. The Morgan fingerprint density at radius 1 is 1.21 bits per heavy atom. The van der Waals surface area contributed by atoms with E-state index < -0.39 is 5.69 Å². The van der Waals surface area contributed by atoms with E-state index in [1.165, 1.54) is 17.3 Å². The average Bonchev–Trinajstić information content (AvgIpc) is 2.78. The van der Waals surface area contributed by atoms with E-state index in [0.717, 1.165) is 23.2 Å². The van der Waals surface area contributed by atoms with Gasteiger partial charge >= 0.3 is 5.69 Å². The Morgan fingerprint density at radius 3 is 2.73 bits per heavy atom. The van der Waals surface area contributed by atoms with Crippen LogP contribution in [0.15, 0.2) is 47.4 Å². The molecule has 168 valence electrons. The number of hydrogen-bond donors (Lipinski definition) is 3. The number of likely N-dealkylation sites (N-methyl/N-ethyl adjacent to an activating group) is 1. The fourth-order valence-corrected chi connectivity index (χ4v) is 4.72. The second-order valence-corrected chi connectivity index (χ2v) is 8.90. The van der Waals surface area contributed by atoms with Gasteiger partial charge < -0.3 is 5.32 Å². The zero-order valence-corrected chi connectivity index (χ0v) is 19.5. The highest BCUT2D eigenvalue weighted by Crippen LogP contribution is 2.31. The third-order valence-electron chi connectivity index (χ3n) is 6.10. The van der Waals surface area contributed by atoms with Crippen molar-refractivity contribution < 1.29 is 0 Å². The zero-order valence-electron chi connectivity index (χ0n) is 18.0. The Balaban J connectivity index is 1.54. The van der Waals surface area contributed by atoms with Crippen LogP contribution in [0.3, 0.4) is 0 Å². The summed E-state index contributed by atoms with van der Waals surface area (Å²) in [5.41, 5.74) is 3.28. The van der Waals surface area contributed by atoms with E-state index in [2.05, 4.69) is 51.3 Å². The number of H-pyrrole nitrogens is 1. The predicted octanol–water partition coefficient (Wildman–Crippen LogP) is 4.19. The second-order valence-electron chi connectivity index (χ2n) is 8.09. The molecule has 0 spiro atoms. The van der Waals surface area contributed by atoms with E-state index in [1.807, 2.05) is 6.07 Å². The maximum absolute atomic E-state index is 12.8. The SMILES string of the molecule is CC1c2cc(Nc3ncc4c(=N)n(-c5c(Cl)cccc5Cl)c(=O)[nH]c4n3)ccc2CCN1C. The van der Waals surface area contributed by atoms with Crippen molar-refractivity contribution in [3.63, 3.8) is 0 Å². The number of aromatic amines is 1. The number of rotatable bonds is 3. The number of anilines is 2. The maximum atomic E-state index is 12.8. The summed E-state index contributed by atoms with van der Waals surface area (Å²) in [5, 5.41) is 12.7. The summed E-state index contributed by atoms with van der Waals surface area (Å²) in [6.07, 6.45) is 2.52. The Bertz CT molecular complexity index is 1490. The van der Waals surface area contributed by atoms with Gasteiger partial charge in [0, 0.05) is 24.5 Å². The molecule has 8 nitrogen and oxygen atoms in total. The number of fused-ring (bicyclic) bond motifs is 2. The molecule has 3 heterocycles. The molecule has 0 aliphatic carbocycles. The summed E-state index contributed by atoms with van der Waals surface area (Å²) in [7, 11) is 2.12. The van der Waals surface area contributed by atoms with E-state index in [-0.39, 0.29) is 26.9 Å². The van der Waals surface area contributed by atoms with Crippen LogP contribution in [0.5, 0.6) is 0 Å². The van der Waals surface area contributed by atoms with Gasteiger partial charge in [-0.3, -0.25) is 15.3 Å². The molecule has 1 atom stereocenters. The molecule has 1 unspecified atom stereocenters. The average molecular weight is 482 g/mol. The largest absolute Gasteiger partial charge is 0.333 e. The van der Waals surface area contributed by atoms with Crippen LogP contribution in [-0.2, 0) is 6.42 Å². The minimum absolute atomic E-state index is 0.110. The van der Waals surface area contributed by atoms with E-state index >= 15 is 0 Å². The standard InChI is InChI=1S/C23H21Cl2N7O/c1-12-15-10-14(7-6-13(15)8-9-31(12)2)28-22-27-11-16-20(26)32(23(33)30-21(16)29-22)19-17(24)4-3-5-18(19)25/h3-7,10-12,26H,8-9H2,1-2H3,(H2,27,28,29,30,33). The van der Waals surface area contributed by atoms with Crippen LogP contribution < -0.4 is 16.5 Å². The van der Waals surface area contributed by atoms with E-state index in [4.69, 9.17) is 28.6 Å². The molecule has 10 heteroatoms. The van der Waals surface area contributed by atoms with Crippen LogP contribution in [0.25, 0.3) is 16.7 Å². The molecule has 1 aliphatic heterocycles. The van der Waals surface area contributed by atoms with Crippen molar-refractivity contribution in [3.05, 3.63) is 79.7 Å². The van der Waals surface area contributed by atoms with E-state index in [9.17, 15) is 4.79 Å². The lowest BCUT2D eigenvalue weighted by Crippen LogP contribution is -2.34. The van der Waals surface area contributed by atoms with Gasteiger partial charge in [-0.1, -0.05) is 35.3 Å². The third-order valence-corrected chi connectivity index (χ3v) is 6.71. The summed E-state index contributed by atoms with van der Waals surface area (Å²) >= 11 is 12.5. The monoisotopic (exact) mass is 481 g/mol. The van der Waals surface area contributed by atoms with Crippen molar-refractivity contribution in [2.45, 2.75) is 19.4 Å². The number of halogens is 2. The zero-order chi connectivity index (χ0) is 23.3. The maximum Gasteiger partial charge on any atom is 0.333 e. The van der Waals surface area contributed by atoms with Gasteiger partial charge in [-0.25, -0.2) is 14.3 Å². The normalized spacial score (nSPS) is 16.1. The molecule has 4 aromatic rings. The highest BCUT2D eigenvalue weighted by molar-refractivity contribution is 6.37. The molecular formula is C23H21Cl2N7O. The van der Waals surface area contributed by atoms with Crippen LogP contribution in [0.1, 0.15) is 24.1 Å². The molecule has 3 N–H and O–H groups in total. The molecule has 1 aliphatic rings. The van der Waals surface area contributed by atoms with Gasteiger partial charge in [-0.15, -0.1) is 0 Å². The van der Waals surface area contributed by atoms with Crippen molar-refractivity contribution in [3.8, 4) is 5.69 Å². The first-order chi connectivity index (χ1) is 15.8. The van der Waals surface area contributed by atoms with Crippen LogP contribution in [-0.4, -0.2) is 38.0 Å². The first-order valence-corrected chi connectivity index (χ1v) is 11.2. The van der Waals surface area contributed by atoms with Gasteiger partial charge in [0.2, 0.25) is 5.95 Å². The number of nitrogens with zero attached hydrogens (tertiary/aromatic N) is 4. The number of aromatic nitrogens is 4. The van der Waals surface area contributed by atoms with Gasteiger partial charge in [0.25, 0.3) is 0 Å². The molecule has 2 aromatic carbocycles. The Kier molecular flexibility index (Phi) is 5.44. The fourth-order valence-electron chi connectivity index (χ4n) is 4.15. The molecular weight excluding hydrogens is 461 g/mol. The molecule has 0 radical (unpaired) electrons. The van der Waals surface area contributed by atoms with Crippen molar-refractivity contribution in [2.24, 2.45) is 0 Å². The summed E-state index contributed by atoms with van der Waals surface area (Å²) in [4.78, 5) is 26.7. The van der Waals surface area contributed by atoms with Gasteiger partial charge in [0.05, 0.1) is 21.1 Å². The molecule has 2 aromatic heterocycles. The summed E-state index contributed by atoms with van der Waals surface area (Å²) in [6, 6.07) is 11.5. The topological polar surface area (TPSA) is 103 Å². The van der Waals surface area contributed by atoms with Crippen molar-refractivity contribution in [2.75, 3.05) is 18.9 Å². The lowest BCUT2D eigenvalue weighted by Gasteiger charge is -2.32. The van der Waals surface area contributed by atoms with Crippen molar-refractivity contribution in [1.29, 1.82) is 5.41 Å². The second kappa shape index (κ2) is 8.30. The minimum atomic E-state index is -0.571. The summed E-state index contributed by atoms with van der Waals surface area (Å²) in [6.45, 7) is 3.23. The number of para-hydroxylation sites is 1. The Hall–Kier alpha value is -3.20. The van der Waals surface area contributed by atoms with Crippen LogP contribution in [0.2, 0.25) is 10.0 Å². The lowest BCUT2D eigenvalue weighted by molar-refractivity contribution is 0.247. The Morgan fingerprint density at radius 2 is 1.97 bits per heavy atom. The van der Waals surface area contributed by atoms with Crippen molar-refractivity contribution >= 4 is 45.9 Å². The number of benzene rings is 2. The molecule has 33 heavy (non-hydrogen) atoms. The summed E-state index contributed by atoms with van der Waals surface area (Å²) in [5.74, 6) is 0.322. The van der Waals surface area contributed by atoms with E-state index in [0.29, 0.717) is 17.4 Å². The minimum Gasteiger partial charge on any atom is -0.324 e. The number of nitrogens with one attached hydrogen (secondary N) is 3. The Labute approximate surface area is 199 Å². The fraction of sp³-hybridized carbons (Fsp3) is 0.217. The quantitative estimate of drug-likeness (QED) is 0.407. The summed E-state index contributed by atoms with van der Waals surface area (Å²) < 4.78 is 1.12. The smallest absolute Gasteiger partial charge is 0.324 e. The molecule has 0 fully saturated rings. The first-order valence-electron chi connectivity index (χ1n) is 10.4. The lowest BCUT2D eigenvalue weighted by atomic mass is 9.93. The van der Waals surface area contributed by atoms with Crippen LogP contribution in [0, 0.1) is 5.41 Å². The van der Waals surface area contributed by atoms with Gasteiger partial charge in [0.1, 0.15) is 5.49 Å². The highest BCUT2D eigenvalue weighted by atomic mass is 35.5. The molecule has 0 saturated carbocycles. The van der Waals surface area contributed by atoms with Crippen LogP contribution >= 0.6 is 23.2 Å². The molecule has 0 amide bonds. The highest BCUT2D eigenvalue weighted by Gasteiger charge is 2.21. The van der Waals surface area contributed by atoms with Crippen LogP contribution in [0.4, 0.5) is 11.6 Å².